The number of nitrogens with zero attached hydrogens (tertiary/aromatic N) is 3. The zero-order valence-electron chi connectivity index (χ0n) is 12.9. The van der Waals surface area contributed by atoms with E-state index in [1.54, 1.807) is 0 Å². The van der Waals surface area contributed by atoms with Gasteiger partial charge < -0.3 is 4.57 Å². The van der Waals surface area contributed by atoms with Crippen LogP contribution in [0.5, 0.6) is 0 Å². The average molecular weight is 351 g/mol. The minimum Gasteiger partial charge on any atom is -0.342 e. The molecule has 2 aromatic heterocycles. The normalized spacial score (nSPS) is 10.9. The Morgan fingerprint density at radius 2 is 2.04 bits per heavy atom. The zero-order valence-corrected chi connectivity index (χ0v) is 13.6. The number of fused-ring (bicyclic) bond motifs is 1. The van der Waals surface area contributed by atoms with Crippen molar-refractivity contribution in [2.45, 2.75) is 6.54 Å². The van der Waals surface area contributed by atoms with E-state index in [0.29, 0.717) is 28.5 Å². The van der Waals surface area contributed by atoms with Crippen molar-refractivity contribution in [3.05, 3.63) is 75.4 Å². The molecule has 0 aliphatic heterocycles. The summed E-state index contributed by atoms with van der Waals surface area (Å²) in [4.78, 5) is 13.6. The molecule has 0 fully saturated rings. The van der Waals surface area contributed by atoms with Crippen molar-refractivity contribution in [1.29, 1.82) is 5.26 Å². The van der Waals surface area contributed by atoms with Gasteiger partial charge in [0.25, 0.3) is 0 Å². The third kappa shape index (κ3) is 2.82. The number of nitriles is 1. The summed E-state index contributed by atoms with van der Waals surface area (Å²) in [7, 11) is 0. The zero-order chi connectivity index (χ0) is 17.4. The quantitative estimate of drug-likeness (QED) is 0.612. The van der Waals surface area contributed by atoms with E-state index in [1.807, 2.05) is 53.2 Å². The van der Waals surface area contributed by atoms with Crippen LogP contribution in [0.15, 0.2) is 58.0 Å². The van der Waals surface area contributed by atoms with Crippen molar-refractivity contribution in [3.8, 4) is 17.5 Å². The molecule has 0 saturated carbocycles. The minimum atomic E-state index is -0.615. The first-order chi connectivity index (χ1) is 12.1. The number of hydrogen-bond acceptors (Lipinski definition) is 4. The van der Waals surface area contributed by atoms with Gasteiger partial charge in [-0.25, -0.2) is 4.79 Å². The molecule has 0 amide bonds. The van der Waals surface area contributed by atoms with Crippen LogP contribution < -0.4 is 5.76 Å². The maximum Gasteiger partial charge on any atom is 0.439 e. The van der Waals surface area contributed by atoms with Crippen molar-refractivity contribution >= 4 is 22.5 Å². The summed E-state index contributed by atoms with van der Waals surface area (Å²) in [6.07, 6.45) is 1.81. The molecule has 0 aliphatic carbocycles. The first-order valence-electron chi connectivity index (χ1n) is 7.48. The molecule has 0 spiro atoms. The highest BCUT2D eigenvalue weighted by Gasteiger charge is 2.12. The topological polar surface area (TPSA) is 87.6 Å². The minimum absolute atomic E-state index is 0.334. The van der Waals surface area contributed by atoms with Gasteiger partial charge in [0.1, 0.15) is 6.07 Å². The van der Waals surface area contributed by atoms with Crippen molar-refractivity contribution in [2.24, 2.45) is 0 Å². The van der Waals surface area contributed by atoms with E-state index in [4.69, 9.17) is 11.6 Å². The molecule has 2 heterocycles. The molecular formula is C18H11ClN4O2. The number of H-pyrrole nitrogens is 1. The maximum atomic E-state index is 11.1. The van der Waals surface area contributed by atoms with Crippen LogP contribution in [0.3, 0.4) is 0 Å². The van der Waals surface area contributed by atoms with Crippen molar-refractivity contribution in [2.75, 3.05) is 0 Å². The summed E-state index contributed by atoms with van der Waals surface area (Å²) >= 11 is 5.92. The van der Waals surface area contributed by atoms with Gasteiger partial charge in [0.05, 0.1) is 5.56 Å². The smallest absolute Gasteiger partial charge is 0.342 e. The van der Waals surface area contributed by atoms with Crippen molar-refractivity contribution < 1.29 is 4.52 Å². The first-order valence-corrected chi connectivity index (χ1v) is 7.85. The highest BCUT2D eigenvalue weighted by molar-refractivity contribution is 6.30. The molecule has 0 bridgehead atoms. The lowest BCUT2D eigenvalue weighted by Gasteiger charge is -2.06. The SMILES string of the molecule is N#Cc1cn(Cc2ccc(Cl)cc2)c2ccc(-c3noc(=O)[nH]3)cc12. The fourth-order valence-corrected chi connectivity index (χ4v) is 2.93. The second-order valence-corrected chi connectivity index (χ2v) is 6.02. The Hall–Kier alpha value is -3.30. The molecule has 0 aliphatic rings. The average Bonchev–Trinajstić information content (AvgIpc) is 3.20. The molecule has 0 unspecified atom stereocenters. The van der Waals surface area contributed by atoms with Crippen LogP contribution in [-0.2, 0) is 6.54 Å². The molecule has 2 aromatic carbocycles. The van der Waals surface area contributed by atoms with Gasteiger partial charge in [-0.2, -0.15) is 5.26 Å². The standard InChI is InChI=1S/C18H11ClN4O2/c19-14-4-1-11(2-5-14)9-23-10-13(8-20)15-7-12(3-6-16(15)23)17-21-18(24)25-22-17/h1-7,10H,9H2,(H,21,22,24). The van der Waals surface area contributed by atoms with E-state index in [2.05, 4.69) is 20.7 Å². The summed E-state index contributed by atoms with van der Waals surface area (Å²) in [5.74, 6) is -0.280. The van der Waals surface area contributed by atoms with E-state index >= 15 is 0 Å². The van der Waals surface area contributed by atoms with Gasteiger partial charge in [0.15, 0.2) is 5.82 Å². The Balaban J connectivity index is 1.80. The number of rotatable bonds is 3. The monoisotopic (exact) mass is 350 g/mol. The van der Waals surface area contributed by atoms with Gasteiger partial charge in [0, 0.05) is 34.2 Å². The Kier molecular flexibility index (Phi) is 3.64. The molecule has 6 nitrogen and oxygen atoms in total. The lowest BCUT2D eigenvalue weighted by atomic mass is 10.1. The molecule has 122 valence electrons. The fourth-order valence-electron chi connectivity index (χ4n) is 2.81. The predicted octanol–water partition coefficient (Wildman–Crippen LogP) is 3.56. The molecule has 4 aromatic rings. The van der Waals surface area contributed by atoms with Gasteiger partial charge in [-0.3, -0.25) is 9.51 Å². The third-order valence-electron chi connectivity index (χ3n) is 3.98. The lowest BCUT2D eigenvalue weighted by molar-refractivity contribution is 0.388. The molecule has 4 rings (SSSR count). The Labute approximate surface area is 146 Å². The van der Waals surface area contributed by atoms with Crippen LogP contribution in [-0.4, -0.2) is 14.7 Å². The molecule has 1 N–H and O–H groups in total. The lowest BCUT2D eigenvalue weighted by Crippen LogP contribution is -1.97. The molecule has 0 atom stereocenters. The van der Waals surface area contributed by atoms with Crippen LogP contribution in [0.2, 0.25) is 5.02 Å². The number of aromatic nitrogens is 3. The summed E-state index contributed by atoms with van der Waals surface area (Å²) < 4.78 is 6.55. The van der Waals surface area contributed by atoms with E-state index < -0.39 is 5.76 Å². The number of hydrogen-bond donors (Lipinski definition) is 1. The number of benzene rings is 2. The van der Waals surface area contributed by atoms with E-state index in [0.717, 1.165) is 16.5 Å². The Bertz CT molecular complexity index is 1160. The molecule has 25 heavy (non-hydrogen) atoms. The number of halogens is 1. The van der Waals surface area contributed by atoms with Gasteiger partial charge in [-0.05, 0) is 35.9 Å². The highest BCUT2D eigenvalue weighted by Crippen LogP contribution is 2.26. The van der Waals surface area contributed by atoms with E-state index in [1.165, 1.54) is 0 Å². The summed E-state index contributed by atoms with van der Waals surface area (Å²) in [6, 6.07) is 15.3. The van der Waals surface area contributed by atoms with E-state index in [9.17, 15) is 10.1 Å². The van der Waals surface area contributed by atoms with Crippen LogP contribution in [0, 0.1) is 11.3 Å². The van der Waals surface area contributed by atoms with Crippen molar-refractivity contribution in [3.63, 3.8) is 0 Å². The maximum absolute atomic E-state index is 11.1. The van der Waals surface area contributed by atoms with Gasteiger partial charge in [-0.1, -0.05) is 28.9 Å². The summed E-state index contributed by atoms with van der Waals surface area (Å²) in [5.41, 5.74) is 3.23. The predicted molar refractivity (Wildman–Crippen MR) is 93.3 cm³/mol. The second-order valence-electron chi connectivity index (χ2n) is 5.58. The van der Waals surface area contributed by atoms with Gasteiger partial charge >= 0.3 is 5.76 Å². The van der Waals surface area contributed by atoms with Gasteiger partial charge in [-0.15, -0.1) is 0 Å². The summed E-state index contributed by atoms with van der Waals surface area (Å²) in [6.45, 7) is 0.621. The molecule has 0 saturated heterocycles. The first kappa shape index (κ1) is 15.2. The highest BCUT2D eigenvalue weighted by atomic mass is 35.5. The molecule has 7 heteroatoms. The Morgan fingerprint density at radius 3 is 2.72 bits per heavy atom. The summed E-state index contributed by atoms with van der Waals surface area (Å²) in [5, 5.41) is 14.6. The van der Waals surface area contributed by atoms with Crippen molar-refractivity contribution in [1.82, 2.24) is 14.7 Å². The third-order valence-corrected chi connectivity index (χ3v) is 4.23. The number of nitrogens with one attached hydrogen (secondary N) is 1. The molecular weight excluding hydrogens is 340 g/mol. The van der Waals surface area contributed by atoms with E-state index in [-0.39, 0.29) is 0 Å². The van der Waals surface area contributed by atoms with Crippen LogP contribution in [0.25, 0.3) is 22.3 Å². The number of aromatic amines is 1. The fraction of sp³-hybridized carbons (Fsp3) is 0.0556. The second kappa shape index (κ2) is 5.96. The van der Waals surface area contributed by atoms with Crippen LogP contribution in [0.4, 0.5) is 0 Å². The van der Waals surface area contributed by atoms with Gasteiger partial charge in [0.2, 0.25) is 0 Å². The van der Waals surface area contributed by atoms with Crippen LogP contribution in [0.1, 0.15) is 11.1 Å². The molecule has 0 radical (unpaired) electrons. The largest absolute Gasteiger partial charge is 0.439 e. The van der Waals surface area contributed by atoms with Crippen LogP contribution >= 0.6 is 11.6 Å². The Morgan fingerprint density at radius 1 is 1.24 bits per heavy atom.